The van der Waals surface area contributed by atoms with Gasteiger partial charge in [-0.1, -0.05) is 29.3 Å². The number of nitrogens with zero attached hydrogens (tertiary/aromatic N) is 2. The summed E-state index contributed by atoms with van der Waals surface area (Å²) < 4.78 is 39.7. The van der Waals surface area contributed by atoms with E-state index in [1.807, 2.05) is 0 Å². The monoisotopic (exact) mass is 335 g/mol. The van der Waals surface area contributed by atoms with E-state index in [1.165, 1.54) is 12.1 Å². The molecule has 0 radical (unpaired) electrons. The molecule has 0 aliphatic rings. The van der Waals surface area contributed by atoms with E-state index in [0.717, 1.165) is 12.4 Å². The summed E-state index contributed by atoms with van der Waals surface area (Å²) >= 11 is 11.5. The van der Waals surface area contributed by atoms with E-state index in [1.54, 1.807) is 6.92 Å². The number of aryl methyl sites for hydroxylation is 1. The molecule has 1 aromatic carbocycles. The Balaban J connectivity index is 2.46. The molecule has 0 unspecified atom stereocenters. The predicted octanol–water partition coefficient (Wildman–Crippen LogP) is 3.03. The number of benzene rings is 1. The second kappa shape index (κ2) is 5.51. The van der Waals surface area contributed by atoms with Crippen LogP contribution in [0.1, 0.15) is 5.56 Å². The average molecular weight is 336 g/mol. The maximum absolute atomic E-state index is 13.2. The highest BCUT2D eigenvalue weighted by Crippen LogP contribution is 2.28. The molecule has 0 saturated heterocycles. The van der Waals surface area contributed by atoms with E-state index in [4.69, 9.17) is 23.2 Å². The van der Waals surface area contributed by atoms with Gasteiger partial charge in [0.15, 0.2) is 11.0 Å². The molecule has 0 spiro atoms. The van der Waals surface area contributed by atoms with Crippen LogP contribution in [0.5, 0.6) is 0 Å². The first-order valence-corrected chi connectivity index (χ1v) is 7.50. The third kappa shape index (κ3) is 3.00. The van der Waals surface area contributed by atoms with Crippen LogP contribution in [-0.2, 0) is 10.0 Å². The van der Waals surface area contributed by atoms with Gasteiger partial charge in [-0.15, -0.1) is 0 Å². The van der Waals surface area contributed by atoms with E-state index < -0.39 is 15.8 Å². The molecule has 0 atom stereocenters. The lowest BCUT2D eigenvalue weighted by Crippen LogP contribution is -2.16. The Hall–Kier alpha value is -1.44. The molecular formula is C11H8Cl2FN3O2S. The number of halogens is 3. The van der Waals surface area contributed by atoms with Gasteiger partial charge >= 0.3 is 0 Å². The number of aromatic nitrogens is 2. The summed E-state index contributed by atoms with van der Waals surface area (Å²) in [6.45, 7) is 1.54. The molecule has 0 amide bonds. The number of anilines is 1. The zero-order valence-electron chi connectivity index (χ0n) is 10.1. The normalized spacial score (nSPS) is 11.4. The van der Waals surface area contributed by atoms with Crippen LogP contribution in [0.4, 0.5) is 10.2 Å². The fourth-order valence-corrected chi connectivity index (χ4v) is 3.08. The summed E-state index contributed by atoms with van der Waals surface area (Å²) in [6.07, 6.45) is 1.06. The van der Waals surface area contributed by atoms with Crippen molar-refractivity contribution in [1.82, 2.24) is 9.97 Å². The van der Waals surface area contributed by atoms with Gasteiger partial charge in [0.25, 0.3) is 10.0 Å². The molecular weight excluding hydrogens is 328 g/mol. The molecule has 20 heavy (non-hydrogen) atoms. The molecule has 0 saturated carbocycles. The highest BCUT2D eigenvalue weighted by Gasteiger charge is 2.20. The molecule has 5 nitrogen and oxygen atoms in total. The van der Waals surface area contributed by atoms with Crippen LogP contribution >= 0.6 is 23.2 Å². The highest BCUT2D eigenvalue weighted by atomic mass is 35.5. The van der Waals surface area contributed by atoms with Gasteiger partial charge < -0.3 is 0 Å². The summed E-state index contributed by atoms with van der Waals surface area (Å²) in [5.41, 5.74) is 0.384. The van der Waals surface area contributed by atoms with Crippen molar-refractivity contribution in [2.24, 2.45) is 0 Å². The molecule has 0 aliphatic carbocycles. The maximum Gasteiger partial charge on any atom is 0.263 e. The van der Waals surface area contributed by atoms with Gasteiger partial charge in [-0.2, -0.15) is 0 Å². The van der Waals surface area contributed by atoms with Gasteiger partial charge in [0.05, 0.1) is 4.90 Å². The first-order chi connectivity index (χ1) is 9.31. The molecule has 106 valence electrons. The van der Waals surface area contributed by atoms with Crippen molar-refractivity contribution >= 4 is 39.0 Å². The molecule has 0 bridgehead atoms. The molecule has 1 heterocycles. The van der Waals surface area contributed by atoms with E-state index >= 15 is 0 Å². The van der Waals surface area contributed by atoms with Crippen LogP contribution in [-0.4, -0.2) is 18.4 Å². The van der Waals surface area contributed by atoms with Crippen LogP contribution in [0.3, 0.4) is 0 Å². The van der Waals surface area contributed by atoms with Crippen LogP contribution in [0, 0.1) is 12.7 Å². The number of rotatable bonds is 3. The van der Waals surface area contributed by atoms with Gasteiger partial charge in [0.2, 0.25) is 0 Å². The predicted molar refractivity (Wildman–Crippen MR) is 74.0 cm³/mol. The van der Waals surface area contributed by atoms with Crippen LogP contribution in [0.2, 0.25) is 10.2 Å². The van der Waals surface area contributed by atoms with E-state index in [-0.39, 0.29) is 20.9 Å². The Morgan fingerprint density at radius 3 is 2.65 bits per heavy atom. The largest absolute Gasteiger partial charge is 0.263 e. The van der Waals surface area contributed by atoms with Gasteiger partial charge in [0, 0.05) is 0 Å². The van der Waals surface area contributed by atoms with Crippen molar-refractivity contribution in [2.75, 3.05) is 4.72 Å². The standard InChI is InChI=1S/C11H8Cl2FN3O2S/c1-6-2-3-7(14)4-8(6)20(18,19)17-11-9(12)10(13)15-5-16-11/h2-5H,1H3,(H,15,16,17). The molecule has 9 heteroatoms. The minimum Gasteiger partial charge on any atom is -0.262 e. The topological polar surface area (TPSA) is 72.0 Å². The number of sulfonamides is 1. The fraction of sp³-hybridized carbons (Fsp3) is 0.0909. The van der Waals surface area contributed by atoms with E-state index in [9.17, 15) is 12.8 Å². The Morgan fingerprint density at radius 1 is 1.25 bits per heavy atom. The third-order valence-electron chi connectivity index (χ3n) is 2.42. The second-order valence-corrected chi connectivity index (χ2v) is 6.23. The number of hydrogen-bond donors (Lipinski definition) is 1. The smallest absolute Gasteiger partial charge is 0.262 e. The fourth-order valence-electron chi connectivity index (χ4n) is 1.47. The van der Waals surface area contributed by atoms with Crippen molar-refractivity contribution in [2.45, 2.75) is 11.8 Å². The summed E-state index contributed by atoms with van der Waals surface area (Å²) in [5, 5.41) is -0.220. The molecule has 0 aliphatic heterocycles. The Kier molecular flexibility index (Phi) is 4.12. The number of nitrogens with one attached hydrogen (secondary N) is 1. The lowest BCUT2D eigenvalue weighted by Gasteiger charge is -2.10. The summed E-state index contributed by atoms with van der Waals surface area (Å²) in [6, 6.07) is 3.44. The lowest BCUT2D eigenvalue weighted by molar-refractivity contribution is 0.594. The van der Waals surface area contributed by atoms with Crippen LogP contribution < -0.4 is 4.72 Å². The zero-order chi connectivity index (χ0) is 14.9. The first-order valence-electron chi connectivity index (χ1n) is 5.26. The highest BCUT2D eigenvalue weighted by molar-refractivity contribution is 7.92. The summed E-state index contributed by atoms with van der Waals surface area (Å²) in [7, 11) is -4.03. The molecule has 0 fully saturated rings. The van der Waals surface area contributed by atoms with Crippen molar-refractivity contribution in [3.05, 3.63) is 46.1 Å². The van der Waals surface area contributed by atoms with Crippen molar-refractivity contribution in [3.8, 4) is 0 Å². The van der Waals surface area contributed by atoms with Gasteiger partial charge in [-0.25, -0.2) is 22.8 Å². The first kappa shape index (κ1) is 15.0. The average Bonchev–Trinajstić information content (AvgIpc) is 2.37. The van der Waals surface area contributed by atoms with Crippen LogP contribution in [0.15, 0.2) is 29.4 Å². The molecule has 2 rings (SSSR count). The van der Waals surface area contributed by atoms with Crippen LogP contribution in [0.25, 0.3) is 0 Å². The Bertz CT molecular complexity index is 768. The van der Waals surface area contributed by atoms with Gasteiger partial charge in [0.1, 0.15) is 17.2 Å². The number of hydrogen-bond acceptors (Lipinski definition) is 4. The van der Waals surface area contributed by atoms with Crippen molar-refractivity contribution in [1.29, 1.82) is 0 Å². The molecule has 1 aromatic heterocycles. The van der Waals surface area contributed by atoms with Gasteiger partial charge in [-0.05, 0) is 24.6 Å². The quantitative estimate of drug-likeness (QED) is 0.875. The minimum absolute atomic E-state index is 0.0877. The second-order valence-electron chi connectivity index (χ2n) is 3.84. The summed E-state index contributed by atoms with van der Waals surface area (Å²) in [4.78, 5) is 7.09. The van der Waals surface area contributed by atoms with E-state index in [2.05, 4.69) is 14.7 Å². The molecule has 1 N–H and O–H groups in total. The Morgan fingerprint density at radius 2 is 1.95 bits per heavy atom. The van der Waals surface area contributed by atoms with Gasteiger partial charge in [-0.3, -0.25) is 4.72 Å². The minimum atomic E-state index is -4.03. The third-order valence-corrected chi connectivity index (χ3v) is 4.64. The SMILES string of the molecule is Cc1ccc(F)cc1S(=O)(=O)Nc1ncnc(Cl)c1Cl. The maximum atomic E-state index is 13.2. The molecule has 2 aromatic rings. The summed E-state index contributed by atoms with van der Waals surface area (Å²) in [5.74, 6) is -0.835. The van der Waals surface area contributed by atoms with Crippen molar-refractivity contribution < 1.29 is 12.8 Å². The Labute approximate surface area is 124 Å². The zero-order valence-corrected chi connectivity index (χ0v) is 12.4. The van der Waals surface area contributed by atoms with Crippen molar-refractivity contribution in [3.63, 3.8) is 0 Å². The lowest BCUT2D eigenvalue weighted by atomic mass is 10.2. The van der Waals surface area contributed by atoms with E-state index in [0.29, 0.717) is 5.56 Å².